The highest BCUT2D eigenvalue weighted by molar-refractivity contribution is 7.92. The SMILES string of the molecule is CN(C)c1cccc(NS(=O)(=O)c2ccnc(Cl)c2)c1. The number of aromatic nitrogens is 1. The molecule has 106 valence electrons. The summed E-state index contributed by atoms with van der Waals surface area (Å²) in [6.07, 6.45) is 1.35. The van der Waals surface area contributed by atoms with Crippen LogP contribution >= 0.6 is 11.6 Å². The molecule has 5 nitrogen and oxygen atoms in total. The number of pyridine rings is 1. The number of nitrogens with zero attached hydrogens (tertiary/aromatic N) is 2. The van der Waals surface area contributed by atoms with Crippen molar-refractivity contribution in [1.29, 1.82) is 0 Å². The molecular formula is C13H14ClN3O2S. The highest BCUT2D eigenvalue weighted by atomic mass is 35.5. The van der Waals surface area contributed by atoms with Crippen LogP contribution in [0, 0.1) is 0 Å². The number of hydrogen-bond acceptors (Lipinski definition) is 4. The smallest absolute Gasteiger partial charge is 0.262 e. The van der Waals surface area contributed by atoms with Crippen LogP contribution in [-0.2, 0) is 10.0 Å². The van der Waals surface area contributed by atoms with Gasteiger partial charge in [-0.15, -0.1) is 0 Å². The summed E-state index contributed by atoms with van der Waals surface area (Å²) in [7, 11) is 0.0991. The molecule has 20 heavy (non-hydrogen) atoms. The minimum Gasteiger partial charge on any atom is -0.378 e. The predicted molar refractivity (Wildman–Crippen MR) is 80.8 cm³/mol. The van der Waals surface area contributed by atoms with Gasteiger partial charge in [0.2, 0.25) is 0 Å². The third kappa shape index (κ3) is 3.40. The minimum atomic E-state index is -3.67. The lowest BCUT2D eigenvalue weighted by Gasteiger charge is -2.14. The first-order chi connectivity index (χ1) is 9.38. The largest absolute Gasteiger partial charge is 0.378 e. The number of sulfonamides is 1. The molecule has 0 aliphatic rings. The second-order valence-electron chi connectivity index (χ2n) is 4.36. The van der Waals surface area contributed by atoms with E-state index < -0.39 is 10.0 Å². The summed E-state index contributed by atoms with van der Waals surface area (Å²) >= 11 is 5.71. The van der Waals surface area contributed by atoms with Gasteiger partial charge in [0.25, 0.3) is 10.0 Å². The first-order valence-electron chi connectivity index (χ1n) is 5.80. The van der Waals surface area contributed by atoms with Crippen molar-refractivity contribution in [1.82, 2.24) is 4.98 Å². The highest BCUT2D eigenvalue weighted by Gasteiger charge is 2.15. The van der Waals surface area contributed by atoms with Crippen LogP contribution in [-0.4, -0.2) is 27.5 Å². The maximum atomic E-state index is 12.2. The molecule has 0 spiro atoms. The summed E-state index contributed by atoms with van der Waals surface area (Å²) in [5.74, 6) is 0. The molecule has 2 rings (SSSR count). The average molecular weight is 312 g/mol. The topological polar surface area (TPSA) is 62.3 Å². The highest BCUT2D eigenvalue weighted by Crippen LogP contribution is 2.21. The van der Waals surface area contributed by atoms with E-state index in [1.807, 2.05) is 25.1 Å². The second-order valence-corrected chi connectivity index (χ2v) is 6.43. The Bertz CT molecular complexity index is 717. The van der Waals surface area contributed by atoms with Crippen molar-refractivity contribution in [2.24, 2.45) is 0 Å². The van der Waals surface area contributed by atoms with Gasteiger partial charge in [0.1, 0.15) is 5.15 Å². The number of benzene rings is 1. The van der Waals surface area contributed by atoms with Crippen molar-refractivity contribution in [3.05, 3.63) is 47.7 Å². The van der Waals surface area contributed by atoms with Crippen LogP contribution < -0.4 is 9.62 Å². The van der Waals surface area contributed by atoms with Gasteiger partial charge >= 0.3 is 0 Å². The van der Waals surface area contributed by atoms with E-state index in [4.69, 9.17) is 11.6 Å². The van der Waals surface area contributed by atoms with Crippen molar-refractivity contribution in [2.45, 2.75) is 4.90 Å². The molecule has 1 aromatic carbocycles. The quantitative estimate of drug-likeness (QED) is 0.882. The van der Waals surface area contributed by atoms with E-state index in [0.717, 1.165) is 5.69 Å². The Kier molecular flexibility index (Phi) is 4.15. The first kappa shape index (κ1) is 14.6. The standard InChI is InChI=1S/C13H14ClN3O2S/c1-17(2)11-5-3-4-10(8-11)16-20(18,19)12-6-7-15-13(14)9-12/h3-9,16H,1-2H3. The van der Waals surface area contributed by atoms with Crippen molar-refractivity contribution in [2.75, 3.05) is 23.7 Å². The van der Waals surface area contributed by atoms with Gasteiger partial charge in [0.05, 0.1) is 10.6 Å². The molecular weight excluding hydrogens is 298 g/mol. The predicted octanol–water partition coefficient (Wildman–Crippen LogP) is 2.60. The van der Waals surface area contributed by atoms with Crippen LogP contribution in [0.2, 0.25) is 5.15 Å². The van der Waals surface area contributed by atoms with Crippen molar-refractivity contribution < 1.29 is 8.42 Å². The molecule has 0 radical (unpaired) electrons. The molecule has 0 saturated heterocycles. The summed E-state index contributed by atoms with van der Waals surface area (Å²) in [6, 6.07) is 9.81. The van der Waals surface area contributed by atoms with Crippen LogP contribution in [0.4, 0.5) is 11.4 Å². The van der Waals surface area contributed by atoms with Gasteiger partial charge in [-0.25, -0.2) is 13.4 Å². The molecule has 2 aromatic rings. The first-order valence-corrected chi connectivity index (χ1v) is 7.66. The summed E-state index contributed by atoms with van der Waals surface area (Å²) in [4.78, 5) is 5.73. The molecule has 1 N–H and O–H groups in total. The zero-order valence-corrected chi connectivity index (χ0v) is 12.6. The third-order valence-electron chi connectivity index (χ3n) is 2.62. The molecule has 0 amide bonds. The lowest BCUT2D eigenvalue weighted by Crippen LogP contribution is -2.14. The molecule has 0 aliphatic carbocycles. The van der Waals surface area contributed by atoms with Gasteiger partial charge in [0, 0.05) is 26.0 Å². The monoisotopic (exact) mass is 311 g/mol. The third-order valence-corrected chi connectivity index (χ3v) is 4.21. The molecule has 0 atom stereocenters. The van der Waals surface area contributed by atoms with Crippen LogP contribution in [0.25, 0.3) is 0 Å². The van der Waals surface area contributed by atoms with E-state index in [2.05, 4.69) is 9.71 Å². The van der Waals surface area contributed by atoms with E-state index in [-0.39, 0.29) is 10.0 Å². The van der Waals surface area contributed by atoms with Crippen LogP contribution in [0.15, 0.2) is 47.5 Å². The molecule has 0 unspecified atom stereocenters. The molecule has 1 aromatic heterocycles. The van der Waals surface area contributed by atoms with Crippen LogP contribution in [0.5, 0.6) is 0 Å². The Morgan fingerprint density at radius 1 is 1.20 bits per heavy atom. The number of rotatable bonds is 4. The van der Waals surface area contributed by atoms with E-state index in [9.17, 15) is 8.42 Å². The lowest BCUT2D eigenvalue weighted by atomic mass is 10.3. The lowest BCUT2D eigenvalue weighted by molar-refractivity contribution is 0.601. The van der Waals surface area contributed by atoms with E-state index in [1.165, 1.54) is 18.3 Å². The number of anilines is 2. The Morgan fingerprint density at radius 3 is 2.60 bits per heavy atom. The fourth-order valence-electron chi connectivity index (χ4n) is 1.61. The van der Waals surface area contributed by atoms with Gasteiger partial charge in [-0.3, -0.25) is 4.72 Å². The van der Waals surface area contributed by atoms with Crippen LogP contribution in [0.3, 0.4) is 0 Å². The maximum Gasteiger partial charge on any atom is 0.262 e. The Labute approximate surface area is 123 Å². The van der Waals surface area contributed by atoms with Crippen LogP contribution in [0.1, 0.15) is 0 Å². The summed E-state index contributed by atoms with van der Waals surface area (Å²) < 4.78 is 27.0. The molecule has 0 saturated carbocycles. The Hall–Kier alpha value is -1.79. The minimum absolute atomic E-state index is 0.0766. The fraction of sp³-hybridized carbons (Fsp3) is 0.154. The molecule has 0 bridgehead atoms. The van der Waals surface area contributed by atoms with Crippen molar-refractivity contribution in [3.8, 4) is 0 Å². The van der Waals surface area contributed by atoms with Crippen molar-refractivity contribution in [3.63, 3.8) is 0 Å². The molecule has 1 heterocycles. The maximum absolute atomic E-state index is 12.2. The molecule has 7 heteroatoms. The molecule has 0 aliphatic heterocycles. The number of hydrogen-bond donors (Lipinski definition) is 1. The summed E-state index contributed by atoms with van der Waals surface area (Å²) in [5.41, 5.74) is 1.39. The Balaban J connectivity index is 2.31. The fourth-order valence-corrected chi connectivity index (χ4v) is 2.91. The molecule has 0 fully saturated rings. The van der Waals surface area contributed by atoms with Crippen molar-refractivity contribution >= 4 is 33.0 Å². The van der Waals surface area contributed by atoms with E-state index in [1.54, 1.807) is 18.2 Å². The van der Waals surface area contributed by atoms with E-state index >= 15 is 0 Å². The Morgan fingerprint density at radius 2 is 1.95 bits per heavy atom. The summed E-state index contributed by atoms with van der Waals surface area (Å²) in [5, 5.41) is 0.134. The zero-order chi connectivity index (χ0) is 14.8. The summed E-state index contributed by atoms with van der Waals surface area (Å²) in [6.45, 7) is 0. The number of halogens is 1. The van der Waals surface area contributed by atoms with Gasteiger partial charge < -0.3 is 4.90 Å². The van der Waals surface area contributed by atoms with Gasteiger partial charge in [-0.05, 0) is 30.3 Å². The number of nitrogens with one attached hydrogen (secondary N) is 1. The van der Waals surface area contributed by atoms with Gasteiger partial charge in [-0.1, -0.05) is 17.7 Å². The zero-order valence-electron chi connectivity index (χ0n) is 11.0. The van der Waals surface area contributed by atoms with Gasteiger partial charge in [-0.2, -0.15) is 0 Å². The average Bonchev–Trinajstić information content (AvgIpc) is 2.38. The normalized spacial score (nSPS) is 11.2. The second kappa shape index (κ2) is 5.68. The van der Waals surface area contributed by atoms with E-state index in [0.29, 0.717) is 5.69 Å². The van der Waals surface area contributed by atoms with Gasteiger partial charge in [0.15, 0.2) is 0 Å².